The highest BCUT2D eigenvalue weighted by atomic mass is 127. The minimum absolute atomic E-state index is 0.000990. The summed E-state index contributed by atoms with van der Waals surface area (Å²) in [5, 5.41) is 3.97. The van der Waals surface area contributed by atoms with Crippen LogP contribution in [0.3, 0.4) is 0 Å². The van der Waals surface area contributed by atoms with Crippen molar-refractivity contribution in [1.82, 2.24) is 4.98 Å². The van der Waals surface area contributed by atoms with E-state index in [1.807, 2.05) is 51.1 Å². The molecule has 1 aromatic heterocycles. The quantitative estimate of drug-likeness (QED) is 0.535. The number of nitrogens with one attached hydrogen (secondary N) is 1. The van der Waals surface area contributed by atoms with Crippen LogP contribution in [0, 0.1) is 8.99 Å². The molecular weight excluding hydrogens is 419 g/mol. The summed E-state index contributed by atoms with van der Waals surface area (Å²) in [6.07, 6.45) is 0. The van der Waals surface area contributed by atoms with Gasteiger partial charge in [-0.15, -0.1) is 11.3 Å². The second-order valence-electron chi connectivity index (χ2n) is 6.38. The van der Waals surface area contributed by atoms with Crippen LogP contribution in [0.15, 0.2) is 42.5 Å². The van der Waals surface area contributed by atoms with Gasteiger partial charge in [0.25, 0.3) is 0 Å². The molecule has 23 heavy (non-hydrogen) atoms. The lowest BCUT2D eigenvalue weighted by molar-refractivity contribution is -0.123. The zero-order valence-corrected chi connectivity index (χ0v) is 16.2. The number of hydrogen-bond donors (Lipinski definition) is 1. The lowest BCUT2D eigenvalue weighted by Gasteiger charge is -2.19. The Labute approximate surface area is 153 Å². The molecule has 0 saturated heterocycles. The van der Waals surface area contributed by atoms with Gasteiger partial charge in [0.05, 0.1) is 15.9 Å². The third kappa shape index (κ3) is 3.55. The number of para-hydroxylation sites is 1. The van der Waals surface area contributed by atoms with Crippen molar-refractivity contribution in [3.05, 3.63) is 46.0 Å². The smallest absolute Gasteiger partial charge is 0.229 e. The van der Waals surface area contributed by atoms with Gasteiger partial charge in [0, 0.05) is 14.5 Å². The number of thiazole rings is 1. The molecule has 0 spiro atoms. The van der Waals surface area contributed by atoms with Crippen molar-refractivity contribution >= 4 is 55.7 Å². The van der Waals surface area contributed by atoms with E-state index in [0.717, 1.165) is 30.0 Å². The van der Waals surface area contributed by atoms with Crippen LogP contribution >= 0.6 is 33.9 Å². The van der Waals surface area contributed by atoms with Crippen LogP contribution in [-0.4, -0.2) is 10.9 Å². The molecule has 3 nitrogen and oxygen atoms in total. The first-order valence-electron chi connectivity index (χ1n) is 7.31. The molecule has 0 aliphatic heterocycles. The molecular formula is C18H17IN2OS. The second-order valence-corrected chi connectivity index (χ2v) is 8.66. The fourth-order valence-corrected chi connectivity index (χ4v) is 3.59. The highest BCUT2D eigenvalue weighted by Gasteiger charge is 2.23. The third-order valence-electron chi connectivity index (χ3n) is 3.44. The molecule has 5 heteroatoms. The van der Waals surface area contributed by atoms with Gasteiger partial charge in [-0.1, -0.05) is 32.9 Å². The fourth-order valence-electron chi connectivity index (χ4n) is 2.10. The van der Waals surface area contributed by atoms with Crippen LogP contribution in [0.2, 0.25) is 0 Å². The zero-order valence-electron chi connectivity index (χ0n) is 13.2. The minimum atomic E-state index is -0.437. The van der Waals surface area contributed by atoms with Crippen LogP contribution in [0.5, 0.6) is 0 Å². The lowest BCUT2D eigenvalue weighted by Crippen LogP contribution is -2.27. The molecule has 0 atom stereocenters. The Balaban J connectivity index is 2.07. The number of anilines is 1. The van der Waals surface area contributed by atoms with Gasteiger partial charge in [0.2, 0.25) is 5.91 Å². The molecule has 0 saturated carbocycles. The Hall–Kier alpha value is -1.47. The van der Waals surface area contributed by atoms with Crippen molar-refractivity contribution in [1.29, 1.82) is 0 Å². The third-order valence-corrected chi connectivity index (χ3v) is 5.18. The van der Waals surface area contributed by atoms with Gasteiger partial charge < -0.3 is 5.32 Å². The molecule has 2 aromatic carbocycles. The highest BCUT2D eigenvalue weighted by molar-refractivity contribution is 14.1. The summed E-state index contributed by atoms with van der Waals surface area (Å²) >= 11 is 3.92. The van der Waals surface area contributed by atoms with Crippen molar-refractivity contribution in [3.63, 3.8) is 0 Å². The number of fused-ring (bicyclic) bond motifs is 1. The summed E-state index contributed by atoms with van der Waals surface area (Å²) in [5.41, 5.74) is 2.33. The Morgan fingerprint density at radius 3 is 2.61 bits per heavy atom. The van der Waals surface area contributed by atoms with Crippen molar-refractivity contribution < 1.29 is 4.79 Å². The van der Waals surface area contributed by atoms with E-state index in [1.54, 1.807) is 11.3 Å². The van der Waals surface area contributed by atoms with Crippen LogP contribution < -0.4 is 5.32 Å². The summed E-state index contributed by atoms with van der Waals surface area (Å²) in [5.74, 6) is 0.000990. The molecule has 1 N–H and O–H groups in total. The maximum absolute atomic E-state index is 12.3. The number of hydrogen-bond acceptors (Lipinski definition) is 3. The van der Waals surface area contributed by atoms with Crippen LogP contribution in [0.1, 0.15) is 20.8 Å². The van der Waals surface area contributed by atoms with Gasteiger partial charge in [0.1, 0.15) is 5.01 Å². The van der Waals surface area contributed by atoms with Crippen molar-refractivity contribution in [3.8, 4) is 10.6 Å². The molecule has 3 aromatic rings. The van der Waals surface area contributed by atoms with E-state index in [1.165, 1.54) is 0 Å². The molecule has 0 bridgehead atoms. The monoisotopic (exact) mass is 436 g/mol. The highest BCUT2D eigenvalue weighted by Crippen LogP contribution is 2.36. The number of carbonyl (C=O) groups excluding carboxylic acids is 1. The zero-order chi connectivity index (χ0) is 16.6. The first-order chi connectivity index (χ1) is 10.8. The largest absolute Gasteiger partial charge is 0.325 e. The number of amides is 1. The summed E-state index contributed by atoms with van der Waals surface area (Å²) < 4.78 is 2.26. The van der Waals surface area contributed by atoms with Crippen molar-refractivity contribution in [2.45, 2.75) is 20.8 Å². The molecule has 0 radical (unpaired) electrons. The van der Waals surface area contributed by atoms with E-state index in [9.17, 15) is 4.79 Å². The van der Waals surface area contributed by atoms with E-state index in [-0.39, 0.29) is 5.91 Å². The molecule has 0 aliphatic rings. The number of aromatic nitrogens is 1. The molecule has 1 heterocycles. The molecule has 118 valence electrons. The Kier molecular flexibility index (Phi) is 4.42. The molecule has 1 amide bonds. The molecule has 0 unspecified atom stereocenters. The lowest BCUT2D eigenvalue weighted by atomic mass is 9.95. The maximum Gasteiger partial charge on any atom is 0.229 e. The predicted molar refractivity (Wildman–Crippen MR) is 106 cm³/mol. The van der Waals surface area contributed by atoms with E-state index in [0.29, 0.717) is 0 Å². The fraction of sp³-hybridized carbons (Fsp3) is 0.222. The van der Waals surface area contributed by atoms with Crippen LogP contribution in [0.4, 0.5) is 5.69 Å². The van der Waals surface area contributed by atoms with Crippen molar-refractivity contribution in [2.24, 2.45) is 5.41 Å². The average Bonchev–Trinajstić information content (AvgIpc) is 2.91. The first kappa shape index (κ1) is 16.4. The van der Waals surface area contributed by atoms with Crippen molar-refractivity contribution in [2.75, 3.05) is 5.32 Å². The van der Waals surface area contributed by atoms with Gasteiger partial charge in [-0.3, -0.25) is 4.79 Å². The normalized spacial score (nSPS) is 11.7. The van der Waals surface area contributed by atoms with E-state index in [4.69, 9.17) is 4.98 Å². The van der Waals surface area contributed by atoms with Gasteiger partial charge in [-0.05, 0) is 52.9 Å². The summed E-state index contributed by atoms with van der Waals surface area (Å²) in [6, 6.07) is 14.1. The number of halogens is 1. The Bertz CT molecular complexity index is 847. The summed E-state index contributed by atoms with van der Waals surface area (Å²) in [6.45, 7) is 5.73. The van der Waals surface area contributed by atoms with E-state index < -0.39 is 5.41 Å². The van der Waals surface area contributed by atoms with Gasteiger partial charge in [0.15, 0.2) is 0 Å². The van der Waals surface area contributed by atoms with Crippen LogP contribution in [-0.2, 0) is 4.79 Å². The topological polar surface area (TPSA) is 42.0 Å². The predicted octanol–water partition coefficient (Wildman–Crippen LogP) is 5.55. The van der Waals surface area contributed by atoms with Gasteiger partial charge in [-0.25, -0.2) is 4.98 Å². The summed E-state index contributed by atoms with van der Waals surface area (Å²) in [4.78, 5) is 17.1. The van der Waals surface area contributed by atoms with Gasteiger partial charge in [-0.2, -0.15) is 0 Å². The van der Waals surface area contributed by atoms with E-state index >= 15 is 0 Å². The van der Waals surface area contributed by atoms with Crippen LogP contribution in [0.25, 0.3) is 20.8 Å². The minimum Gasteiger partial charge on any atom is -0.325 e. The Morgan fingerprint density at radius 1 is 1.17 bits per heavy atom. The number of benzene rings is 2. The standard InChI is InChI=1S/C18H17IN2OS/c1-18(2,3)17(22)21-13-9-8-11(19)10-12(13)16-20-14-6-4-5-7-15(14)23-16/h4-10H,1-3H3,(H,21,22). The van der Waals surface area contributed by atoms with Gasteiger partial charge >= 0.3 is 0 Å². The second kappa shape index (κ2) is 6.20. The molecule has 3 rings (SSSR count). The first-order valence-corrected chi connectivity index (χ1v) is 9.21. The Morgan fingerprint density at radius 2 is 1.91 bits per heavy atom. The maximum atomic E-state index is 12.3. The SMILES string of the molecule is CC(C)(C)C(=O)Nc1ccc(I)cc1-c1nc2ccccc2s1. The molecule has 0 fully saturated rings. The number of carbonyl (C=O) groups is 1. The average molecular weight is 436 g/mol. The molecule has 0 aliphatic carbocycles. The number of nitrogens with zero attached hydrogens (tertiary/aromatic N) is 1. The van der Waals surface area contributed by atoms with E-state index in [2.05, 4.69) is 40.0 Å². The summed E-state index contributed by atoms with van der Waals surface area (Å²) in [7, 11) is 0. The number of rotatable bonds is 2.